The largest absolute Gasteiger partial charge is 0.492 e. The average molecular weight is 392 g/mol. The highest BCUT2D eigenvalue weighted by Crippen LogP contribution is 2.54. The van der Waals surface area contributed by atoms with Gasteiger partial charge in [-0.25, -0.2) is 0 Å². The number of carbonyl (C=O) groups excluding carboxylic acids is 1. The minimum atomic E-state index is -0.374. The maximum absolute atomic E-state index is 13.4. The average Bonchev–Trinajstić information content (AvgIpc) is 3.46. The van der Waals surface area contributed by atoms with Crippen molar-refractivity contribution in [3.05, 3.63) is 47.0 Å². The molecule has 1 saturated heterocycles. The summed E-state index contributed by atoms with van der Waals surface area (Å²) in [6.07, 6.45) is 2.17. The molecule has 1 unspecified atom stereocenters. The van der Waals surface area contributed by atoms with Crippen molar-refractivity contribution in [3.8, 4) is 17.2 Å². The second-order valence-electron chi connectivity index (χ2n) is 8.42. The maximum Gasteiger partial charge on any atom is 0.254 e. The summed E-state index contributed by atoms with van der Waals surface area (Å²) in [5, 5.41) is 0. The minimum Gasteiger partial charge on any atom is -0.492 e. The van der Waals surface area contributed by atoms with Gasteiger partial charge in [0.25, 0.3) is 5.91 Å². The summed E-state index contributed by atoms with van der Waals surface area (Å²) in [7, 11) is 2.09. The zero-order chi connectivity index (χ0) is 19.6. The molecule has 4 aliphatic rings. The Hall–Kier alpha value is -2.89. The molecule has 4 heterocycles. The Morgan fingerprint density at radius 3 is 2.55 bits per heavy atom. The number of likely N-dealkylation sites (N-methyl/N-ethyl adjacent to an activating group) is 1. The minimum absolute atomic E-state index is 0.139. The fourth-order valence-electron chi connectivity index (χ4n) is 5.38. The summed E-state index contributed by atoms with van der Waals surface area (Å²) in [4.78, 5) is 17.6. The van der Waals surface area contributed by atoms with Gasteiger partial charge in [-0.1, -0.05) is 6.07 Å². The Labute approximate surface area is 170 Å². The van der Waals surface area contributed by atoms with Crippen LogP contribution >= 0.6 is 0 Å². The number of likely N-dealkylation sites (tertiary alicyclic amines) is 1. The summed E-state index contributed by atoms with van der Waals surface area (Å²) in [6.45, 7) is 4.09. The van der Waals surface area contributed by atoms with Gasteiger partial charge in [0.1, 0.15) is 25.6 Å². The molecule has 0 aromatic heterocycles. The van der Waals surface area contributed by atoms with Gasteiger partial charge in [-0.2, -0.15) is 0 Å². The highest BCUT2D eigenvalue weighted by molar-refractivity contribution is 5.99. The lowest BCUT2D eigenvalue weighted by molar-refractivity contribution is 0.0790. The van der Waals surface area contributed by atoms with E-state index in [9.17, 15) is 4.79 Å². The number of rotatable bonds is 1. The van der Waals surface area contributed by atoms with Crippen LogP contribution in [0, 0.1) is 0 Å². The molecule has 1 fully saturated rings. The first kappa shape index (κ1) is 17.0. The fraction of sp³-hybridized carbons (Fsp3) is 0.435. The third kappa shape index (κ3) is 2.32. The number of hydrogen-bond acceptors (Lipinski definition) is 5. The third-order valence-electron chi connectivity index (χ3n) is 6.70. The van der Waals surface area contributed by atoms with Crippen LogP contribution < -0.4 is 19.1 Å². The predicted molar refractivity (Wildman–Crippen MR) is 109 cm³/mol. The number of hydrogen-bond donors (Lipinski definition) is 0. The lowest BCUT2D eigenvalue weighted by Crippen LogP contribution is -2.37. The molecule has 0 aliphatic carbocycles. The quantitative estimate of drug-likeness (QED) is 0.747. The molecular formula is C23H24N2O4. The van der Waals surface area contributed by atoms with E-state index in [2.05, 4.69) is 24.1 Å². The molecule has 29 heavy (non-hydrogen) atoms. The molecule has 1 amide bonds. The molecule has 2 aromatic rings. The number of fused-ring (bicyclic) bond motifs is 5. The first-order valence-electron chi connectivity index (χ1n) is 10.4. The Bertz CT molecular complexity index is 1010. The van der Waals surface area contributed by atoms with Crippen LogP contribution in [0.15, 0.2) is 30.3 Å². The van der Waals surface area contributed by atoms with E-state index in [-0.39, 0.29) is 11.3 Å². The zero-order valence-corrected chi connectivity index (χ0v) is 16.6. The van der Waals surface area contributed by atoms with Crippen molar-refractivity contribution in [3.63, 3.8) is 0 Å². The Morgan fingerprint density at radius 1 is 1.00 bits per heavy atom. The van der Waals surface area contributed by atoms with Gasteiger partial charge in [-0.05, 0) is 31.0 Å². The molecule has 2 aromatic carbocycles. The summed E-state index contributed by atoms with van der Waals surface area (Å²) >= 11 is 0. The number of carbonyl (C=O) groups is 1. The van der Waals surface area contributed by atoms with Crippen molar-refractivity contribution >= 4 is 11.6 Å². The molecule has 0 N–H and O–H groups in total. The smallest absolute Gasteiger partial charge is 0.254 e. The molecule has 150 valence electrons. The van der Waals surface area contributed by atoms with Crippen molar-refractivity contribution < 1.29 is 19.0 Å². The summed E-state index contributed by atoms with van der Waals surface area (Å²) in [5.74, 6) is 2.47. The van der Waals surface area contributed by atoms with Crippen LogP contribution in [0.2, 0.25) is 0 Å². The topological polar surface area (TPSA) is 51.2 Å². The van der Waals surface area contributed by atoms with Crippen LogP contribution in [0.25, 0.3) is 0 Å². The Balaban J connectivity index is 1.53. The first-order chi connectivity index (χ1) is 14.2. The van der Waals surface area contributed by atoms with Crippen molar-refractivity contribution in [1.29, 1.82) is 0 Å². The lowest BCUT2D eigenvalue weighted by Gasteiger charge is -2.27. The monoisotopic (exact) mass is 392 g/mol. The molecule has 1 atom stereocenters. The van der Waals surface area contributed by atoms with Gasteiger partial charge in [-0.15, -0.1) is 0 Å². The zero-order valence-electron chi connectivity index (χ0n) is 16.6. The maximum atomic E-state index is 13.4. The van der Waals surface area contributed by atoms with Crippen LogP contribution in [-0.4, -0.2) is 57.3 Å². The van der Waals surface area contributed by atoms with E-state index in [0.29, 0.717) is 19.8 Å². The van der Waals surface area contributed by atoms with Gasteiger partial charge >= 0.3 is 0 Å². The van der Waals surface area contributed by atoms with Gasteiger partial charge < -0.3 is 24.0 Å². The molecule has 0 saturated carbocycles. The van der Waals surface area contributed by atoms with E-state index < -0.39 is 0 Å². The van der Waals surface area contributed by atoms with Gasteiger partial charge in [0.2, 0.25) is 0 Å². The molecule has 6 rings (SSSR count). The second-order valence-corrected chi connectivity index (χ2v) is 8.42. The van der Waals surface area contributed by atoms with Crippen LogP contribution in [0.5, 0.6) is 17.2 Å². The van der Waals surface area contributed by atoms with Crippen LogP contribution in [-0.2, 0) is 5.41 Å². The van der Waals surface area contributed by atoms with E-state index in [1.807, 2.05) is 23.1 Å². The van der Waals surface area contributed by atoms with Crippen molar-refractivity contribution in [2.24, 2.45) is 0 Å². The van der Waals surface area contributed by atoms with E-state index in [0.717, 1.165) is 72.1 Å². The fourth-order valence-corrected chi connectivity index (χ4v) is 5.38. The van der Waals surface area contributed by atoms with Crippen molar-refractivity contribution in [2.75, 3.05) is 51.4 Å². The van der Waals surface area contributed by atoms with Crippen molar-refractivity contribution in [1.82, 2.24) is 4.90 Å². The molecule has 1 spiro atoms. The Morgan fingerprint density at radius 2 is 1.76 bits per heavy atom. The van der Waals surface area contributed by atoms with Gasteiger partial charge in [0.05, 0.1) is 5.41 Å². The first-order valence-corrected chi connectivity index (χ1v) is 10.4. The molecular weight excluding hydrogens is 368 g/mol. The van der Waals surface area contributed by atoms with Gasteiger partial charge in [-0.3, -0.25) is 4.79 Å². The van der Waals surface area contributed by atoms with Gasteiger partial charge in [0, 0.05) is 55.1 Å². The SMILES string of the molecule is CN1CC2(COc3cc4c(cc32)OCCO4)c2c(C(=O)N3CCCC3)cccc21. The number of amides is 1. The standard InChI is InChI=1S/C23H24N2O4/c1-24-13-23(14-29-18-12-20-19(11-16(18)23)27-9-10-28-20)21-15(5-4-6-17(21)24)22(26)25-7-2-3-8-25/h4-6,11-12H,2-3,7-10,13-14H2,1H3. The van der Waals surface area contributed by atoms with E-state index >= 15 is 0 Å². The van der Waals surface area contributed by atoms with Crippen LogP contribution in [0.1, 0.15) is 34.3 Å². The second kappa shape index (κ2) is 6.05. The molecule has 4 aliphatic heterocycles. The number of anilines is 1. The Kier molecular flexibility index (Phi) is 3.55. The number of ether oxygens (including phenoxy) is 3. The third-order valence-corrected chi connectivity index (χ3v) is 6.70. The molecule has 6 heteroatoms. The van der Waals surface area contributed by atoms with E-state index in [1.54, 1.807) is 0 Å². The molecule has 0 bridgehead atoms. The summed E-state index contributed by atoms with van der Waals surface area (Å²) in [6, 6.07) is 10.1. The van der Waals surface area contributed by atoms with Crippen LogP contribution in [0.4, 0.5) is 5.69 Å². The van der Waals surface area contributed by atoms with E-state index in [4.69, 9.17) is 14.2 Å². The van der Waals surface area contributed by atoms with Crippen LogP contribution in [0.3, 0.4) is 0 Å². The normalized spacial score (nSPS) is 23.9. The molecule has 6 nitrogen and oxygen atoms in total. The lowest BCUT2D eigenvalue weighted by atomic mass is 9.75. The van der Waals surface area contributed by atoms with E-state index in [1.165, 1.54) is 0 Å². The predicted octanol–water partition coefficient (Wildman–Crippen LogP) is 2.82. The number of nitrogens with zero attached hydrogens (tertiary/aromatic N) is 2. The summed E-state index contributed by atoms with van der Waals surface area (Å²) < 4.78 is 17.8. The summed E-state index contributed by atoms with van der Waals surface area (Å²) in [5.41, 5.74) is 3.73. The highest BCUT2D eigenvalue weighted by Gasteiger charge is 2.51. The van der Waals surface area contributed by atoms with Gasteiger partial charge in [0.15, 0.2) is 11.5 Å². The van der Waals surface area contributed by atoms with Crippen molar-refractivity contribution in [2.45, 2.75) is 18.3 Å². The number of benzene rings is 2. The molecule has 0 radical (unpaired) electrons. The highest BCUT2D eigenvalue weighted by atomic mass is 16.6.